The number of nitrogen functional groups attached to an aromatic ring is 2. The first-order valence-corrected chi connectivity index (χ1v) is 6.28. The van der Waals surface area contributed by atoms with Gasteiger partial charge in [0.15, 0.2) is 0 Å². The van der Waals surface area contributed by atoms with Gasteiger partial charge in [0.2, 0.25) is 5.95 Å². The summed E-state index contributed by atoms with van der Waals surface area (Å²) in [6.07, 6.45) is 1.67. The second-order valence-corrected chi connectivity index (χ2v) is 4.44. The Morgan fingerprint density at radius 3 is 2.05 bits per heavy atom. The fraction of sp³-hybridized carbons (Fsp3) is 0. The minimum Gasteiger partial charge on any atom is -0.383 e. The van der Waals surface area contributed by atoms with Crippen molar-refractivity contribution in [2.75, 3.05) is 11.5 Å². The smallest absolute Gasteiger partial charge is 0.221 e. The van der Waals surface area contributed by atoms with E-state index < -0.39 is 0 Å². The molecule has 0 amide bonds. The molecule has 98 valence electrons. The van der Waals surface area contributed by atoms with Crippen molar-refractivity contribution < 1.29 is 0 Å². The Morgan fingerprint density at radius 1 is 0.700 bits per heavy atom. The summed E-state index contributed by atoms with van der Waals surface area (Å²) >= 11 is 0. The maximum atomic E-state index is 5.97. The van der Waals surface area contributed by atoms with Gasteiger partial charge in [0, 0.05) is 11.8 Å². The van der Waals surface area contributed by atoms with Crippen LogP contribution in [-0.4, -0.2) is 9.97 Å². The van der Waals surface area contributed by atoms with Crippen molar-refractivity contribution in [2.24, 2.45) is 0 Å². The summed E-state index contributed by atoms with van der Waals surface area (Å²) in [5.41, 5.74) is 15.5. The van der Waals surface area contributed by atoms with Gasteiger partial charge >= 0.3 is 0 Å². The fourth-order valence-corrected chi connectivity index (χ4v) is 2.20. The average molecular weight is 262 g/mol. The van der Waals surface area contributed by atoms with Gasteiger partial charge in [0.25, 0.3) is 0 Å². The van der Waals surface area contributed by atoms with Gasteiger partial charge < -0.3 is 11.5 Å². The number of nitrogens with two attached hydrogens (primary N) is 2. The number of hydrogen-bond donors (Lipinski definition) is 2. The molecule has 0 aliphatic carbocycles. The van der Waals surface area contributed by atoms with Gasteiger partial charge in [-0.3, -0.25) is 0 Å². The lowest BCUT2D eigenvalue weighted by Gasteiger charge is -2.11. The lowest BCUT2D eigenvalue weighted by Crippen LogP contribution is -2.01. The summed E-state index contributed by atoms with van der Waals surface area (Å²) in [7, 11) is 0. The molecule has 3 rings (SSSR count). The number of rotatable bonds is 2. The summed E-state index contributed by atoms with van der Waals surface area (Å²) in [4.78, 5) is 8.07. The van der Waals surface area contributed by atoms with Crippen molar-refractivity contribution in [2.45, 2.75) is 0 Å². The second-order valence-electron chi connectivity index (χ2n) is 4.44. The lowest BCUT2D eigenvalue weighted by molar-refractivity contribution is 1.20. The Hall–Kier alpha value is -2.88. The zero-order valence-corrected chi connectivity index (χ0v) is 10.8. The maximum absolute atomic E-state index is 5.97. The van der Waals surface area contributed by atoms with Crippen LogP contribution in [0.25, 0.3) is 22.3 Å². The van der Waals surface area contributed by atoms with E-state index in [4.69, 9.17) is 11.5 Å². The summed E-state index contributed by atoms with van der Waals surface area (Å²) in [5.74, 6) is 0.573. The van der Waals surface area contributed by atoms with Crippen LogP contribution in [0.4, 0.5) is 11.8 Å². The zero-order chi connectivity index (χ0) is 13.9. The highest BCUT2D eigenvalue weighted by atomic mass is 15.0. The van der Waals surface area contributed by atoms with Gasteiger partial charge in [-0.15, -0.1) is 0 Å². The highest BCUT2D eigenvalue weighted by molar-refractivity contribution is 5.87. The predicted octanol–water partition coefficient (Wildman–Crippen LogP) is 2.98. The topological polar surface area (TPSA) is 77.8 Å². The van der Waals surface area contributed by atoms with E-state index in [1.165, 1.54) is 0 Å². The molecule has 4 heteroatoms. The first kappa shape index (κ1) is 12.2. The van der Waals surface area contributed by atoms with Crippen LogP contribution in [0.5, 0.6) is 0 Å². The second kappa shape index (κ2) is 5.01. The Bertz CT molecular complexity index is 738. The molecule has 4 nitrogen and oxygen atoms in total. The molecule has 3 aromatic rings. The van der Waals surface area contributed by atoms with Crippen LogP contribution in [0.1, 0.15) is 0 Å². The maximum Gasteiger partial charge on any atom is 0.221 e. The molecule has 4 N–H and O–H groups in total. The van der Waals surface area contributed by atoms with Gasteiger partial charge in [-0.2, -0.15) is 4.98 Å². The van der Waals surface area contributed by atoms with Crippen LogP contribution in [0.2, 0.25) is 0 Å². The Balaban J connectivity index is 2.20. The molecular formula is C16H14N4. The molecule has 0 spiro atoms. The molecule has 1 heterocycles. The molecule has 0 atom stereocenters. The van der Waals surface area contributed by atoms with E-state index >= 15 is 0 Å². The molecule has 0 saturated heterocycles. The van der Waals surface area contributed by atoms with Gasteiger partial charge in [0.1, 0.15) is 5.82 Å². The van der Waals surface area contributed by atoms with Crippen LogP contribution < -0.4 is 11.5 Å². The molecule has 0 fully saturated rings. The van der Waals surface area contributed by atoms with E-state index in [1.54, 1.807) is 6.20 Å². The monoisotopic (exact) mass is 262 g/mol. The molecule has 2 aromatic carbocycles. The molecule has 0 bridgehead atoms. The third kappa shape index (κ3) is 2.19. The highest BCUT2D eigenvalue weighted by Gasteiger charge is 2.10. The summed E-state index contributed by atoms with van der Waals surface area (Å²) in [6, 6.07) is 18.2. The molecular weight excluding hydrogens is 248 g/mol. The molecule has 0 unspecified atom stereocenters. The van der Waals surface area contributed by atoms with Gasteiger partial charge in [-0.05, 0) is 16.7 Å². The van der Waals surface area contributed by atoms with Crippen molar-refractivity contribution in [1.82, 2.24) is 9.97 Å². The van der Waals surface area contributed by atoms with E-state index in [1.807, 2.05) is 36.4 Å². The van der Waals surface area contributed by atoms with Crippen LogP contribution in [-0.2, 0) is 0 Å². The minimum atomic E-state index is 0.184. The standard InChI is InChI=1S/C16H14N4/c17-15-14(10-19-16(18)20-15)13-9-5-4-8-12(13)11-6-2-1-3-7-11/h1-10H,(H4,17,18,19,20). The quantitative estimate of drug-likeness (QED) is 0.744. The van der Waals surface area contributed by atoms with Gasteiger partial charge in [-0.1, -0.05) is 54.6 Å². The zero-order valence-electron chi connectivity index (χ0n) is 10.8. The number of benzene rings is 2. The number of anilines is 2. The molecule has 20 heavy (non-hydrogen) atoms. The van der Waals surface area contributed by atoms with Crippen LogP contribution in [0, 0.1) is 0 Å². The van der Waals surface area contributed by atoms with Crippen molar-refractivity contribution in [3.63, 3.8) is 0 Å². The predicted molar refractivity (Wildman–Crippen MR) is 81.7 cm³/mol. The van der Waals surface area contributed by atoms with Crippen molar-refractivity contribution in [1.29, 1.82) is 0 Å². The van der Waals surface area contributed by atoms with Crippen molar-refractivity contribution in [3.8, 4) is 22.3 Å². The summed E-state index contributed by atoms with van der Waals surface area (Å²) in [5, 5.41) is 0. The van der Waals surface area contributed by atoms with Gasteiger partial charge in [-0.25, -0.2) is 4.98 Å². The minimum absolute atomic E-state index is 0.184. The highest BCUT2D eigenvalue weighted by Crippen LogP contribution is 2.33. The van der Waals surface area contributed by atoms with Gasteiger partial charge in [0.05, 0.1) is 0 Å². The van der Waals surface area contributed by atoms with E-state index in [2.05, 4.69) is 28.2 Å². The van der Waals surface area contributed by atoms with Crippen molar-refractivity contribution in [3.05, 3.63) is 60.8 Å². The summed E-state index contributed by atoms with van der Waals surface area (Å²) < 4.78 is 0. The van der Waals surface area contributed by atoms with Crippen molar-refractivity contribution >= 4 is 11.8 Å². The Morgan fingerprint density at radius 2 is 1.35 bits per heavy atom. The molecule has 0 aliphatic rings. The number of hydrogen-bond acceptors (Lipinski definition) is 4. The molecule has 0 saturated carbocycles. The molecule has 0 radical (unpaired) electrons. The first-order valence-electron chi connectivity index (χ1n) is 6.28. The SMILES string of the molecule is Nc1ncc(-c2ccccc2-c2ccccc2)c(N)n1. The Labute approximate surface area is 117 Å². The molecule has 1 aromatic heterocycles. The Kier molecular flexibility index (Phi) is 3.05. The number of nitrogens with zero attached hydrogens (tertiary/aromatic N) is 2. The average Bonchev–Trinajstić information content (AvgIpc) is 2.48. The van der Waals surface area contributed by atoms with Crippen LogP contribution >= 0.6 is 0 Å². The third-order valence-electron chi connectivity index (χ3n) is 3.14. The lowest BCUT2D eigenvalue weighted by atomic mass is 9.96. The summed E-state index contributed by atoms with van der Waals surface area (Å²) in [6.45, 7) is 0. The number of aromatic nitrogens is 2. The largest absolute Gasteiger partial charge is 0.383 e. The normalized spacial score (nSPS) is 10.4. The first-order chi connectivity index (χ1) is 9.75. The third-order valence-corrected chi connectivity index (χ3v) is 3.14. The van der Waals surface area contributed by atoms with E-state index in [0.29, 0.717) is 5.82 Å². The van der Waals surface area contributed by atoms with Crippen LogP contribution in [0.3, 0.4) is 0 Å². The fourth-order valence-electron chi connectivity index (χ4n) is 2.20. The van der Waals surface area contributed by atoms with Crippen LogP contribution in [0.15, 0.2) is 60.8 Å². The van der Waals surface area contributed by atoms with E-state index in [9.17, 15) is 0 Å². The van der Waals surface area contributed by atoms with E-state index in [-0.39, 0.29) is 5.95 Å². The van der Waals surface area contributed by atoms with E-state index in [0.717, 1.165) is 22.3 Å². The molecule has 0 aliphatic heterocycles.